The molecular formula is C14H20N2O2S. The minimum Gasteiger partial charge on any atom is -0.376 e. The Morgan fingerprint density at radius 2 is 2.42 bits per heavy atom. The molecular weight excluding hydrogens is 260 g/mol. The summed E-state index contributed by atoms with van der Waals surface area (Å²) in [6, 6.07) is 4.13. The SMILES string of the molecule is CC1NC(c2cccs2)N(C(C)C2CCCO2)C1=O. The molecule has 0 radical (unpaired) electrons. The average molecular weight is 280 g/mol. The quantitative estimate of drug-likeness (QED) is 0.922. The molecule has 1 aromatic heterocycles. The van der Waals surface area contributed by atoms with Gasteiger partial charge in [-0.2, -0.15) is 0 Å². The smallest absolute Gasteiger partial charge is 0.241 e. The molecule has 3 rings (SSSR count). The standard InChI is InChI=1S/C14H20N2O2S/c1-9-14(17)16(10(2)11-5-3-7-18-11)13(15-9)12-6-4-8-19-12/h4,6,8-11,13,15H,3,5,7H2,1-2H3. The number of thiophene rings is 1. The number of hydrogen-bond donors (Lipinski definition) is 1. The van der Waals surface area contributed by atoms with E-state index in [0.717, 1.165) is 19.4 Å². The first-order chi connectivity index (χ1) is 9.18. The third-order valence-corrected chi connectivity index (χ3v) is 4.99. The number of carbonyl (C=O) groups is 1. The van der Waals surface area contributed by atoms with Crippen LogP contribution in [0, 0.1) is 0 Å². The second-order valence-corrected chi connectivity index (χ2v) is 6.32. The molecule has 4 unspecified atom stereocenters. The number of nitrogens with one attached hydrogen (secondary N) is 1. The number of carbonyl (C=O) groups excluding carboxylic acids is 1. The highest BCUT2D eigenvalue weighted by Crippen LogP contribution is 2.33. The van der Waals surface area contributed by atoms with E-state index in [1.165, 1.54) is 4.88 Å². The van der Waals surface area contributed by atoms with E-state index < -0.39 is 0 Å². The highest BCUT2D eigenvalue weighted by atomic mass is 32.1. The van der Waals surface area contributed by atoms with Gasteiger partial charge in [-0.25, -0.2) is 0 Å². The molecule has 0 bridgehead atoms. The van der Waals surface area contributed by atoms with Gasteiger partial charge in [0.1, 0.15) is 6.17 Å². The summed E-state index contributed by atoms with van der Waals surface area (Å²) in [4.78, 5) is 15.6. The Balaban J connectivity index is 1.84. The van der Waals surface area contributed by atoms with Gasteiger partial charge in [-0.15, -0.1) is 11.3 Å². The minimum absolute atomic E-state index is 0.00157. The van der Waals surface area contributed by atoms with E-state index in [9.17, 15) is 4.79 Å². The largest absolute Gasteiger partial charge is 0.376 e. The summed E-state index contributed by atoms with van der Waals surface area (Å²) in [5, 5.41) is 5.45. The van der Waals surface area contributed by atoms with Crippen molar-refractivity contribution in [3.8, 4) is 0 Å². The molecule has 19 heavy (non-hydrogen) atoms. The molecule has 0 aromatic carbocycles. The van der Waals surface area contributed by atoms with Crippen molar-refractivity contribution in [3.63, 3.8) is 0 Å². The summed E-state index contributed by atoms with van der Waals surface area (Å²) in [7, 11) is 0. The highest BCUT2D eigenvalue weighted by Gasteiger charge is 2.43. The van der Waals surface area contributed by atoms with Gasteiger partial charge in [-0.05, 0) is 38.1 Å². The second-order valence-electron chi connectivity index (χ2n) is 5.34. The van der Waals surface area contributed by atoms with Gasteiger partial charge < -0.3 is 9.64 Å². The number of nitrogens with zero attached hydrogens (tertiary/aromatic N) is 1. The van der Waals surface area contributed by atoms with Crippen LogP contribution in [0.5, 0.6) is 0 Å². The lowest BCUT2D eigenvalue weighted by Gasteiger charge is -2.33. The average Bonchev–Trinajstić information content (AvgIpc) is 3.11. The third kappa shape index (κ3) is 2.30. The van der Waals surface area contributed by atoms with Crippen LogP contribution in [0.4, 0.5) is 0 Å². The third-order valence-electron chi connectivity index (χ3n) is 4.07. The lowest BCUT2D eigenvalue weighted by molar-refractivity contribution is -0.134. The van der Waals surface area contributed by atoms with Gasteiger partial charge in [0.25, 0.3) is 0 Å². The van der Waals surface area contributed by atoms with E-state index in [0.29, 0.717) is 0 Å². The van der Waals surface area contributed by atoms with Gasteiger partial charge in [-0.1, -0.05) is 6.07 Å². The Morgan fingerprint density at radius 3 is 3.05 bits per heavy atom. The van der Waals surface area contributed by atoms with Gasteiger partial charge in [0.05, 0.1) is 18.2 Å². The predicted molar refractivity (Wildman–Crippen MR) is 74.9 cm³/mol. The van der Waals surface area contributed by atoms with Gasteiger partial charge in [0.15, 0.2) is 0 Å². The molecule has 3 heterocycles. The zero-order chi connectivity index (χ0) is 13.4. The summed E-state index contributed by atoms with van der Waals surface area (Å²) < 4.78 is 5.76. The van der Waals surface area contributed by atoms with Crippen LogP contribution in [0.3, 0.4) is 0 Å². The van der Waals surface area contributed by atoms with Crippen molar-refractivity contribution in [2.24, 2.45) is 0 Å². The first-order valence-corrected chi connectivity index (χ1v) is 7.79. The van der Waals surface area contributed by atoms with Crippen LogP contribution in [0.1, 0.15) is 37.7 Å². The molecule has 1 N–H and O–H groups in total. The second kappa shape index (κ2) is 5.23. The summed E-state index contributed by atoms with van der Waals surface area (Å²) in [5.41, 5.74) is 0. The van der Waals surface area contributed by atoms with Gasteiger partial charge in [-0.3, -0.25) is 10.1 Å². The monoisotopic (exact) mass is 280 g/mol. The molecule has 0 aliphatic carbocycles. The summed E-state index contributed by atoms with van der Waals surface area (Å²) in [6.45, 7) is 4.86. The summed E-state index contributed by atoms with van der Waals surface area (Å²) in [6.07, 6.45) is 2.33. The Hall–Kier alpha value is -0.910. The van der Waals surface area contributed by atoms with Crippen molar-refractivity contribution in [2.45, 2.75) is 51.0 Å². The van der Waals surface area contributed by atoms with Crippen molar-refractivity contribution in [2.75, 3.05) is 6.61 Å². The van der Waals surface area contributed by atoms with Crippen LogP contribution < -0.4 is 5.32 Å². The van der Waals surface area contributed by atoms with Crippen LogP contribution in [0.2, 0.25) is 0 Å². The molecule has 2 aliphatic heterocycles. The van der Waals surface area contributed by atoms with E-state index in [2.05, 4.69) is 23.7 Å². The van der Waals surface area contributed by atoms with Crippen molar-refractivity contribution >= 4 is 17.2 Å². The van der Waals surface area contributed by atoms with Gasteiger partial charge >= 0.3 is 0 Å². The molecule has 0 spiro atoms. The Labute approximate surface area is 117 Å². The fourth-order valence-corrected chi connectivity index (χ4v) is 3.79. The molecule has 2 saturated heterocycles. The fraction of sp³-hybridized carbons (Fsp3) is 0.643. The summed E-state index contributed by atoms with van der Waals surface area (Å²) >= 11 is 1.69. The predicted octanol–water partition coefficient (Wildman–Crippen LogP) is 2.13. The molecule has 1 amide bonds. The Morgan fingerprint density at radius 1 is 1.58 bits per heavy atom. The number of amides is 1. The normalized spacial score (nSPS) is 33.1. The van der Waals surface area contributed by atoms with E-state index in [1.807, 2.05) is 17.9 Å². The van der Waals surface area contributed by atoms with E-state index in [-0.39, 0.29) is 30.3 Å². The van der Waals surface area contributed by atoms with Gasteiger partial charge in [0, 0.05) is 11.5 Å². The first-order valence-electron chi connectivity index (χ1n) is 6.91. The number of ether oxygens (including phenoxy) is 1. The molecule has 2 aliphatic rings. The van der Waals surface area contributed by atoms with Crippen molar-refractivity contribution < 1.29 is 9.53 Å². The van der Waals surface area contributed by atoms with Crippen molar-refractivity contribution in [3.05, 3.63) is 22.4 Å². The molecule has 5 heteroatoms. The fourth-order valence-electron chi connectivity index (χ4n) is 3.00. The molecule has 0 saturated carbocycles. The van der Waals surface area contributed by atoms with Crippen LogP contribution >= 0.6 is 11.3 Å². The van der Waals surface area contributed by atoms with Crippen LogP contribution in [-0.4, -0.2) is 35.6 Å². The minimum atomic E-state index is -0.115. The van der Waals surface area contributed by atoms with Crippen molar-refractivity contribution in [1.82, 2.24) is 10.2 Å². The molecule has 1 aromatic rings. The van der Waals surface area contributed by atoms with E-state index in [4.69, 9.17) is 4.74 Å². The zero-order valence-corrected chi connectivity index (χ0v) is 12.2. The Kier molecular flexibility index (Phi) is 3.60. The summed E-state index contributed by atoms with van der Waals surface area (Å²) in [5.74, 6) is 0.182. The Bertz CT molecular complexity index is 442. The zero-order valence-electron chi connectivity index (χ0n) is 11.3. The van der Waals surface area contributed by atoms with Crippen LogP contribution in [0.25, 0.3) is 0 Å². The first kappa shape index (κ1) is 13.1. The number of rotatable bonds is 3. The maximum Gasteiger partial charge on any atom is 0.241 e. The van der Waals surface area contributed by atoms with Gasteiger partial charge in [0.2, 0.25) is 5.91 Å². The topological polar surface area (TPSA) is 41.6 Å². The molecule has 104 valence electrons. The molecule has 4 atom stereocenters. The lowest BCUT2D eigenvalue weighted by atomic mass is 10.1. The van der Waals surface area contributed by atoms with E-state index >= 15 is 0 Å². The number of hydrogen-bond acceptors (Lipinski definition) is 4. The maximum atomic E-state index is 12.4. The maximum absolute atomic E-state index is 12.4. The lowest BCUT2D eigenvalue weighted by Crippen LogP contribution is -2.44. The van der Waals surface area contributed by atoms with E-state index in [1.54, 1.807) is 11.3 Å². The molecule has 4 nitrogen and oxygen atoms in total. The highest BCUT2D eigenvalue weighted by molar-refractivity contribution is 7.10. The van der Waals surface area contributed by atoms with Crippen LogP contribution in [-0.2, 0) is 9.53 Å². The van der Waals surface area contributed by atoms with Crippen molar-refractivity contribution in [1.29, 1.82) is 0 Å². The van der Waals surface area contributed by atoms with Crippen LogP contribution in [0.15, 0.2) is 17.5 Å². The molecule has 2 fully saturated rings.